The smallest absolute Gasteiger partial charge is 0.194 e. The van der Waals surface area contributed by atoms with Crippen LogP contribution in [-0.4, -0.2) is 16.5 Å². The normalized spacial score (nSPS) is 15.3. The van der Waals surface area contributed by atoms with Crippen LogP contribution in [0.3, 0.4) is 0 Å². The number of carbonyl (C=O) groups is 1. The van der Waals surface area contributed by atoms with Crippen molar-refractivity contribution >= 4 is 16.9 Å². The molecule has 1 aromatic rings. The fourth-order valence-electron chi connectivity index (χ4n) is 1.02. The Morgan fingerprint density at radius 1 is 1.69 bits per heavy atom. The summed E-state index contributed by atoms with van der Waals surface area (Å²) in [6.07, 6.45) is 2.35. The Morgan fingerprint density at radius 2 is 2.38 bits per heavy atom. The van der Waals surface area contributed by atoms with Crippen LogP contribution in [0.4, 0.5) is 0 Å². The van der Waals surface area contributed by atoms with Crippen LogP contribution in [0.15, 0.2) is 22.8 Å². The predicted octanol–water partition coefficient (Wildman–Crippen LogP) is 1.84. The molecule has 0 amide bonds. The molecule has 0 aliphatic carbocycles. The highest BCUT2D eigenvalue weighted by Gasteiger charge is 2.24. The Kier molecular flexibility index (Phi) is 3.57. The van der Waals surface area contributed by atoms with E-state index in [1.807, 2.05) is 0 Å². The molecular formula is C9H12O3S. The van der Waals surface area contributed by atoms with Crippen molar-refractivity contribution in [2.24, 2.45) is 5.92 Å². The lowest BCUT2D eigenvalue weighted by atomic mass is 10.0. The van der Waals surface area contributed by atoms with Gasteiger partial charge in [0, 0.05) is 0 Å². The molecule has 1 heterocycles. The average Bonchev–Trinajstić information content (AvgIpc) is 2.67. The zero-order chi connectivity index (χ0) is 9.84. The van der Waals surface area contributed by atoms with Gasteiger partial charge in [0.05, 0.1) is 12.2 Å². The topological polar surface area (TPSA) is 50.4 Å². The van der Waals surface area contributed by atoms with Gasteiger partial charge in [0.15, 0.2) is 5.12 Å². The minimum atomic E-state index is -0.838. The minimum absolute atomic E-state index is 0.0381. The summed E-state index contributed by atoms with van der Waals surface area (Å²) in [5, 5.41) is 9.61. The van der Waals surface area contributed by atoms with Gasteiger partial charge in [0.2, 0.25) is 0 Å². The van der Waals surface area contributed by atoms with Crippen molar-refractivity contribution in [3.05, 3.63) is 24.2 Å². The van der Waals surface area contributed by atoms with Crippen LogP contribution in [-0.2, 0) is 4.79 Å². The van der Waals surface area contributed by atoms with Crippen molar-refractivity contribution in [2.75, 3.05) is 6.26 Å². The molecule has 13 heavy (non-hydrogen) atoms. The average molecular weight is 200 g/mol. The first-order valence-corrected chi connectivity index (χ1v) is 5.18. The van der Waals surface area contributed by atoms with Crippen molar-refractivity contribution in [1.82, 2.24) is 0 Å². The van der Waals surface area contributed by atoms with Crippen LogP contribution < -0.4 is 0 Å². The fourth-order valence-corrected chi connectivity index (χ4v) is 1.52. The SMILES string of the molecule is CSC(=O)[C@@H](C)[C@H](O)c1ccco1. The Balaban J connectivity index is 2.68. The van der Waals surface area contributed by atoms with Crippen molar-refractivity contribution in [3.63, 3.8) is 0 Å². The number of aliphatic hydroxyl groups excluding tert-OH is 1. The zero-order valence-corrected chi connectivity index (χ0v) is 8.38. The van der Waals surface area contributed by atoms with Gasteiger partial charge >= 0.3 is 0 Å². The number of rotatable bonds is 3. The molecule has 1 rings (SSSR count). The molecule has 72 valence electrons. The second-order valence-corrected chi connectivity index (χ2v) is 3.58. The number of hydrogen-bond donors (Lipinski definition) is 1. The molecule has 0 aliphatic heterocycles. The van der Waals surface area contributed by atoms with Gasteiger partial charge in [-0.2, -0.15) is 0 Å². The summed E-state index contributed by atoms with van der Waals surface area (Å²) in [6, 6.07) is 3.35. The van der Waals surface area contributed by atoms with Gasteiger partial charge < -0.3 is 9.52 Å². The molecule has 0 saturated carbocycles. The van der Waals surface area contributed by atoms with Crippen LogP contribution in [0, 0.1) is 5.92 Å². The van der Waals surface area contributed by atoms with E-state index < -0.39 is 12.0 Å². The number of thioether (sulfide) groups is 1. The molecule has 0 spiro atoms. The van der Waals surface area contributed by atoms with Crippen LogP contribution in [0.25, 0.3) is 0 Å². The van der Waals surface area contributed by atoms with Crippen LogP contribution in [0.5, 0.6) is 0 Å². The summed E-state index contributed by atoms with van der Waals surface area (Å²) in [5.74, 6) is 0.0102. The lowest BCUT2D eigenvalue weighted by molar-refractivity contribution is -0.117. The molecule has 4 heteroatoms. The molecule has 2 atom stereocenters. The molecule has 0 fully saturated rings. The summed E-state index contributed by atoms with van der Waals surface area (Å²) < 4.78 is 5.00. The highest BCUT2D eigenvalue weighted by molar-refractivity contribution is 8.13. The van der Waals surface area contributed by atoms with Crippen LogP contribution >= 0.6 is 11.8 Å². The molecule has 0 aliphatic rings. The Hall–Kier alpha value is -0.740. The first-order valence-electron chi connectivity index (χ1n) is 3.96. The molecule has 0 unspecified atom stereocenters. The molecule has 0 aromatic carbocycles. The van der Waals surface area contributed by atoms with E-state index in [-0.39, 0.29) is 5.12 Å². The fraction of sp³-hybridized carbons (Fsp3) is 0.444. The maximum atomic E-state index is 11.2. The molecule has 0 saturated heterocycles. The Labute approximate surface area is 81.1 Å². The van der Waals surface area contributed by atoms with E-state index in [0.29, 0.717) is 5.76 Å². The van der Waals surface area contributed by atoms with Crippen molar-refractivity contribution in [1.29, 1.82) is 0 Å². The predicted molar refractivity (Wildman–Crippen MR) is 51.4 cm³/mol. The highest BCUT2D eigenvalue weighted by Crippen LogP contribution is 2.25. The van der Waals surface area contributed by atoms with Gasteiger partial charge in [-0.25, -0.2) is 0 Å². The third-order valence-corrected chi connectivity index (χ3v) is 2.66. The lowest BCUT2D eigenvalue weighted by Gasteiger charge is -2.13. The number of carbonyl (C=O) groups excluding carboxylic acids is 1. The van der Waals surface area contributed by atoms with Gasteiger partial charge in [0.1, 0.15) is 11.9 Å². The second kappa shape index (κ2) is 4.48. The van der Waals surface area contributed by atoms with E-state index >= 15 is 0 Å². The van der Waals surface area contributed by atoms with Crippen LogP contribution in [0.1, 0.15) is 18.8 Å². The van der Waals surface area contributed by atoms with E-state index in [2.05, 4.69) is 0 Å². The van der Waals surface area contributed by atoms with Gasteiger partial charge in [-0.15, -0.1) is 0 Å². The number of hydrogen-bond acceptors (Lipinski definition) is 4. The van der Waals surface area contributed by atoms with Gasteiger partial charge in [-0.1, -0.05) is 18.7 Å². The van der Waals surface area contributed by atoms with Crippen molar-refractivity contribution in [2.45, 2.75) is 13.0 Å². The van der Waals surface area contributed by atoms with Gasteiger partial charge in [-0.05, 0) is 18.4 Å². The first kappa shape index (κ1) is 10.3. The maximum absolute atomic E-state index is 11.2. The molecule has 0 bridgehead atoms. The second-order valence-electron chi connectivity index (χ2n) is 2.77. The van der Waals surface area contributed by atoms with E-state index in [9.17, 15) is 9.90 Å². The summed E-state index contributed by atoms with van der Waals surface area (Å²) in [5.41, 5.74) is 0. The van der Waals surface area contributed by atoms with Crippen molar-refractivity contribution in [3.8, 4) is 0 Å². The minimum Gasteiger partial charge on any atom is -0.467 e. The third-order valence-electron chi connectivity index (χ3n) is 1.88. The first-order chi connectivity index (χ1) is 6.16. The summed E-state index contributed by atoms with van der Waals surface area (Å²) in [4.78, 5) is 11.2. The largest absolute Gasteiger partial charge is 0.467 e. The standard InChI is InChI=1S/C9H12O3S/c1-6(9(11)13-2)8(10)7-4-3-5-12-7/h3-6,8,10H,1-2H3/t6-,8-/m0/s1. The van der Waals surface area contributed by atoms with Gasteiger partial charge in [0.25, 0.3) is 0 Å². The van der Waals surface area contributed by atoms with E-state index in [1.165, 1.54) is 6.26 Å². The van der Waals surface area contributed by atoms with Crippen molar-refractivity contribution < 1.29 is 14.3 Å². The quantitative estimate of drug-likeness (QED) is 0.808. The summed E-state index contributed by atoms with van der Waals surface area (Å²) in [7, 11) is 0. The Bertz CT molecular complexity index is 268. The molecule has 1 N–H and O–H groups in total. The highest BCUT2D eigenvalue weighted by atomic mass is 32.2. The summed E-state index contributed by atoms with van der Waals surface area (Å²) >= 11 is 1.12. The molecule has 0 radical (unpaired) electrons. The summed E-state index contributed by atoms with van der Waals surface area (Å²) in [6.45, 7) is 1.69. The lowest BCUT2D eigenvalue weighted by Crippen LogP contribution is -2.15. The van der Waals surface area contributed by atoms with E-state index in [0.717, 1.165) is 11.8 Å². The molecule has 3 nitrogen and oxygen atoms in total. The molecule has 1 aromatic heterocycles. The van der Waals surface area contributed by atoms with Gasteiger partial charge in [-0.3, -0.25) is 4.79 Å². The number of furan rings is 1. The van der Waals surface area contributed by atoms with E-state index in [4.69, 9.17) is 4.42 Å². The number of aliphatic hydroxyl groups is 1. The Morgan fingerprint density at radius 3 is 2.85 bits per heavy atom. The monoisotopic (exact) mass is 200 g/mol. The third kappa shape index (κ3) is 2.35. The van der Waals surface area contributed by atoms with Crippen LogP contribution in [0.2, 0.25) is 0 Å². The maximum Gasteiger partial charge on any atom is 0.194 e. The zero-order valence-electron chi connectivity index (χ0n) is 7.56. The van der Waals surface area contributed by atoms with E-state index in [1.54, 1.807) is 25.3 Å². The molecular weight excluding hydrogens is 188 g/mol.